The van der Waals surface area contributed by atoms with Crippen LogP contribution < -0.4 is 0 Å². The molecule has 102 valence electrons. The zero-order valence-electron chi connectivity index (χ0n) is 8.26. The van der Waals surface area contributed by atoms with Crippen molar-refractivity contribution >= 4 is 0 Å². The fraction of sp³-hybridized carbons (Fsp3) is 1.00. The average Bonchev–Trinajstić information content (AvgIpc) is 2.72. The van der Waals surface area contributed by atoms with Crippen LogP contribution in [0.3, 0.4) is 0 Å². The van der Waals surface area contributed by atoms with Gasteiger partial charge in [-0.05, 0) is 12.3 Å². The molecular formula is C8H7F9. The van der Waals surface area contributed by atoms with Crippen LogP contribution in [-0.2, 0) is 0 Å². The van der Waals surface area contributed by atoms with Gasteiger partial charge in [0, 0.05) is 0 Å². The van der Waals surface area contributed by atoms with E-state index in [-0.39, 0.29) is 0 Å². The summed E-state index contributed by atoms with van der Waals surface area (Å²) in [5.74, 6) is -5.12. The molecular weight excluding hydrogens is 267 g/mol. The van der Waals surface area contributed by atoms with Crippen LogP contribution in [0.5, 0.6) is 0 Å². The Hall–Kier alpha value is -0.630. The molecule has 0 spiro atoms. The summed E-state index contributed by atoms with van der Waals surface area (Å²) < 4.78 is 110. The first kappa shape index (κ1) is 14.4. The van der Waals surface area contributed by atoms with E-state index in [2.05, 4.69) is 0 Å². The highest BCUT2D eigenvalue weighted by molar-refractivity contribution is 5.13. The zero-order valence-corrected chi connectivity index (χ0v) is 8.26. The predicted octanol–water partition coefficient (Wildman–Crippen LogP) is 4.32. The molecule has 1 rings (SSSR count). The minimum Gasteiger partial charge on any atom is -0.171 e. The Morgan fingerprint density at radius 3 is 1.41 bits per heavy atom. The highest BCUT2D eigenvalue weighted by Crippen LogP contribution is 2.73. The second-order valence-corrected chi connectivity index (χ2v) is 4.11. The van der Waals surface area contributed by atoms with Crippen molar-refractivity contribution in [1.29, 1.82) is 0 Å². The summed E-state index contributed by atoms with van der Waals surface area (Å²) in [5.41, 5.74) is -4.20. The summed E-state index contributed by atoms with van der Waals surface area (Å²) in [6, 6.07) is 0. The van der Waals surface area contributed by atoms with Crippen LogP contribution in [0, 0.1) is 17.3 Å². The topological polar surface area (TPSA) is 0 Å². The molecule has 9 heteroatoms. The first-order chi connectivity index (χ1) is 7.25. The molecule has 1 fully saturated rings. The van der Waals surface area contributed by atoms with Crippen LogP contribution in [0.1, 0.15) is 13.3 Å². The highest BCUT2D eigenvalue weighted by atomic mass is 19.4. The molecule has 0 aliphatic heterocycles. The van der Waals surface area contributed by atoms with Gasteiger partial charge in [-0.3, -0.25) is 0 Å². The molecule has 2 unspecified atom stereocenters. The summed E-state index contributed by atoms with van der Waals surface area (Å²) in [4.78, 5) is 0. The van der Waals surface area contributed by atoms with Crippen LogP contribution in [-0.4, -0.2) is 18.5 Å². The summed E-state index contributed by atoms with van der Waals surface area (Å²) in [6.07, 6.45) is -18.0. The molecule has 0 radical (unpaired) electrons. The van der Waals surface area contributed by atoms with Crippen molar-refractivity contribution in [2.24, 2.45) is 17.3 Å². The number of alkyl halides is 9. The van der Waals surface area contributed by atoms with Gasteiger partial charge in [-0.15, -0.1) is 0 Å². The van der Waals surface area contributed by atoms with Crippen LogP contribution >= 0.6 is 0 Å². The molecule has 1 saturated carbocycles. The Morgan fingerprint density at radius 1 is 0.882 bits per heavy atom. The van der Waals surface area contributed by atoms with Crippen molar-refractivity contribution in [1.82, 2.24) is 0 Å². The number of halogens is 9. The third kappa shape index (κ3) is 2.08. The monoisotopic (exact) mass is 274 g/mol. The van der Waals surface area contributed by atoms with Gasteiger partial charge in [0.15, 0.2) is 5.41 Å². The molecule has 1 aliphatic carbocycles. The van der Waals surface area contributed by atoms with E-state index in [0.717, 1.165) is 0 Å². The third-order valence-electron chi connectivity index (χ3n) is 3.15. The normalized spacial score (nSPS) is 26.8. The van der Waals surface area contributed by atoms with E-state index in [1.807, 2.05) is 0 Å². The molecule has 0 aromatic carbocycles. The minimum absolute atomic E-state index is 0.337. The van der Waals surface area contributed by atoms with E-state index in [0.29, 0.717) is 6.92 Å². The molecule has 0 nitrogen and oxygen atoms in total. The quantitative estimate of drug-likeness (QED) is 0.625. The number of rotatable bonds is 1. The first-order valence-electron chi connectivity index (χ1n) is 4.45. The lowest BCUT2D eigenvalue weighted by atomic mass is 9.94. The summed E-state index contributed by atoms with van der Waals surface area (Å²) in [6.45, 7) is 0.337. The minimum atomic E-state index is -5.71. The van der Waals surface area contributed by atoms with Crippen molar-refractivity contribution in [3.63, 3.8) is 0 Å². The van der Waals surface area contributed by atoms with Gasteiger partial charge in [-0.25, -0.2) is 0 Å². The fourth-order valence-electron chi connectivity index (χ4n) is 1.93. The van der Waals surface area contributed by atoms with Crippen LogP contribution in [0.25, 0.3) is 0 Å². The van der Waals surface area contributed by atoms with E-state index in [1.165, 1.54) is 0 Å². The third-order valence-corrected chi connectivity index (χ3v) is 3.15. The van der Waals surface area contributed by atoms with Gasteiger partial charge in [-0.1, -0.05) is 6.92 Å². The van der Waals surface area contributed by atoms with Crippen LogP contribution in [0.15, 0.2) is 0 Å². The summed E-state index contributed by atoms with van der Waals surface area (Å²) >= 11 is 0. The predicted molar refractivity (Wildman–Crippen MR) is 37.9 cm³/mol. The van der Waals surface area contributed by atoms with Crippen LogP contribution in [0.4, 0.5) is 39.5 Å². The summed E-state index contributed by atoms with van der Waals surface area (Å²) in [5, 5.41) is 0. The Balaban J connectivity index is 3.05. The smallest absolute Gasteiger partial charge is 0.171 e. The Labute approximate surface area is 89.8 Å². The average molecular weight is 274 g/mol. The van der Waals surface area contributed by atoms with Gasteiger partial charge in [0.2, 0.25) is 0 Å². The molecule has 0 aromatic heterocycles. The standard InChI is InChI=1S/C8H7F9/c1-3(6(9,10)11)4-2-5(4,7(12,13)14)8(15,16)17/h3-4H,2H2,1H3. The maximum absolute atomic E-state index is 12.3. The van der Waals surface area contributed by atoms with E-state index < -0.39 is 42.2 Å². The Morgan fingerprint density at radius 2 is 1.24 bits per heavy atom. The van der Waals surface area contributed by atoms with Gasteiger partial charge in [0.05, 0.1) is 5.92 Å². The maximum atomic E-state index is 12.3. The van der Waals surface area contributed by atoms with E-state index in [1.54, 1.807) is 0 Å². The van der Waals surface area contributed by atoms with E-state index >= 15 is 0 Å². The lowest BCUT2D eigenvalue weighted by molar-refractivity contribution is -0.311. The van der Waals surface area contributed by atoms with Gasteiger partial charge in [-0.2, -0.15) is 39.5 Å². The van der Waals surface area contributed by atoms with E-state index in [4.69, 9.17) is 0 Å². The van der Waals surface area contributed by atoms with Gasteiger partial charge < -0.3 is 0 Å². The SMILES string of the molecule is CC(C1CC1(C(F)(F)F)C(F)(F)F)C(F)(F)F. The number of hydrogen-bond acceptors (Lipinski definition) is 0. The largest absolute Gasteiger partial charge is 0.403 e. The van der Waals surface area contributed by atoms with Crippen molar-refractivity contribution in [3.8, 4) is 0 Å². The fourth-order valence-corrected chi connectivity index (χ4v) is 1.93. The second kappa shape index (κ2) is 3.44. The summed E-state index contributed by atoms with van der Waals surface area (Å²) in [7, 11) is 0. The highest BCUT2D eigenvalue weighted by Gasteiger charge is 2.85. The van der Waals surface area contributed by atoms with Crippen molar-refractivity contribution in [3.05, 3.63) is 0 Å². The van der Waals surface area contributed by atoms with Crippen molar-refractivity contribution in [2.75, 3.05) is 0 Å². The molecule has 17 heavy (non-hydrogen) atoms. The molecule has 1 aliphatic rings. The lowest BCUT2D eigenvalue weighted by Crippen LogP contribution is -2.42. The molecule has 0 amide bonds. The molecule has 0 bridgehead atoms. The number of hydrogen-bond donors (Lipinski definition) is 0. The Kier molecular flexibility index (Phi) is 2.92. The molecule has 0 aromatic rings. The first-order valence-corrected chi connectivity index (χ1v) is 4.45. The molecule has 2 atom stereocenters. The van der Waals surface area contributed by atoms with Crippen molar-refractivity contribution < 1.29 is 39.5 Å². The maximum Gasteiger partial charge on any atom is 0.403 e. The van der Waals surface area contributed by atoms with E-state index in [9.17, 15) is 39.5 Å². The molecule has 0 N–H and O–H groups in total. The van der Waals surface area contributed by atoms with Crippen LogP contribution in [0.2, 0.25) is 0 Å². The Bertz CT molecular complexity index is 280. The van der Waals surface area contributed by atoms with Crippen molar-refractivity contribution in [2.45, 2.75) is 31.9 Å². The lowest BCUT2D eigenvalue weighted by Gasteiger charge is -2.26. The van der Waals surface area contributed by atoms with Gasteiger partial charge >= 0.3 is 18.5 Å². The molecule has 0 heterocycles. The van der Waals surface area contributed by atoms with Gasteiger partial charge in [0.25, 0.3) is 0 Å². The zero-order chi connectivity index (χ0) is 13.9. The molecule has 0 saturated heterocycles. The van der Waals surface area contributed by atoms with Gasteiger partial charge in [0.1, 0.15) is 0 Å². The second-order valence-electron chi connectivity index (χ2n) is 4.11.